The average Bonchev–Trinajstić information content (AvgIpc) is 2.57. The predicted octanol–water partition coefficient (Wildman–Crippen LogP) is 2.53. The van der Waals surface area contributed by atoms with Gasteiger partial charge in [0.05, 0.1) is 17.1 Å². The number of hydrogen-bond donors (Lipinski definition) is 2. The second-order valence-corrected chi connectivity index (χ2v) is 7.27. The number of sulfonamides is 1. The molecular weight excluding hydrogens is 366 g/mol. The normalized spacial score (nSPS) is 12.6. The molecule has 0 bridgehead atoms. The fourth-order valence-electron chi connectivity index (χ4n) is 2.21. The Morgan fingerprint density at radius 3 is 2.42 bits per heavy atom. The lowest BCUT2D eigenvalue weighted by Crippen LogP contribution is -2.35. The van der Waals surface area contributed by atoms with Crippen LogP contribution in [-0.4, -0.2) is 34.1 Å². The van der Waals surface area contributed by atoms with Crippen LogP contribution in [0.5, 0.6) is 0 Å². The van der Waals surface area contributed by atoms with Crippen LogP contribution in [0.15, 0.2) is 47.4 Å². The summed E-state index contributed by atoms with van der Waals surface area (Å²) in [6, 6.07) is 8.14. The Morgan fingerprint density at radius 2 is 1.81 bits per heavy atom. The van der Waals surface area contributed by atoms with E-state index in [1.807, 2.05) is 0 Å². The number of methoxy groups -OCH3 is 1. The van der Waals surface area contributed by atoms with Crippen LogP contribution >= 0.6 is 0 Å². The number of nitrogens with one attached hydrogen (secondary N) is 2. The molecular formula is C17H18F2N2O4S. The number of ether oxygens (including phenoxy) is 1. The highest BCUT2D eigenvalue weighted by Crippen LogP contribution is 2.17. The summed E-state index contributed by atoms with van der Waals surface area (Å²) in [6.45, 7) is 1.87. The summed E-state index contributed by atoms with van der Waals surface area (Å²) in [5.74, 6) is -3.22. The van der Waals surface area contributed by atoms with Crippen molar-refractivity contribution >= 4 is 21.6 Å². The third-order valence-electron chi connectivity index (χ3n) is 3.39. The van der Waals surface area contributed by atoms with E-state index >= 15 is 0 Å². The van der Waals surface area contributed by atoms with Crippen LogP contribution < -0.4 is 10.0 Å². The highest BCUT2D eigenvalue weighted by molar-refractivity contribution is 7.89. The maximum Gasteiger partial charge on any atom is 0.258 e. The van der Waals surface area contributed by atoms with E-state index in [1.54, 1.807) is 6.92 Å². The molecule has 0 aliphatic carbocycles. The average molecular weight is 384 g/mol. The van der Waals surface area contributed by atoms with Crippen molar-refractivity contribution in [2.75, 3.05) is 19.0 Å². The molecule has 0 spiro atoms. The molecule has 6 nitrogen and oxygen atoms in total. The molecule has 2 rings (SSSR count). The molecule has 0 radical (unpaired) electrons. The van der Waals surface area contributed by atoms with Crippen molar-refractivity contribution in [2.24, 2.45) is 0 Å². The summed E-state index contributed by atoms with van der Waals surface area (Å²) in [4.78, 5) is 12.0. The van der Waals surface area contributed by atoms with Gasteiger partial charge in [-0.3, -0.25) is 4.79 Å². The van der Waals surface area contributed by atoms with Crippen LogP contribution in [0, 0.1) is 11.6 Å². The lowest BCUT2D eigenvalue weighted by Gasteiger charge is -2.13. The van der Waals surface area contributed by atoms with Crippen LogP contribution in [0.25, 0.3) is 0 Å². The van der Waals surface area contributed by atoms with Gasteiger partial charge in [-0.25, -0.2) is 21.9 Å². The fourth-order valence-corrected chi connectivity index (χ4v) is 3.44. The van der Waals surface area contributed by atoms with E-state index in [4.69, 9.17) is 4.74 Å². The Balaban J connectivity index is 2.12. The smallest absolute Gasteiger partial charge is 0.258 e. The summed E-state index contributed by atoms with van der Waals surface area (Å²) in [7, 11) is -2.28. The van der Waals surface area contributed by atoms with Crippen LogP contribution in [-0.2, 0) is 14.8 Å². The Hall–Kier alpha value is -2.36. The first-order valence-corrected chi connectivity index (χ1v) is 9.09. The minimum absolute atomic E-state index is 0.00427. The number of anilines is 1. The summed E-state index contributed by atoms with van der Waals surface area (Å²) < 4.78 is 58.5. The van der Waals surface area contributed by atoms with Gasteiger partial charge in [0.15, 0.2) is 11.6 Å². The van der Waals surface area contributed by atoms with E-state index in [0.29, 0.717) is 0 Å². The predicted molar refractivity (Wildman–Crippen MR) is 92.4 cm³/mol. The van der Waals surface area contributed by atoms with Gasteiger partial charge in [0.25, 0.3) is 5.91 Å². The molecule has 1 unspecified atom stereocenters. The number of halogens is 2. The molecule has 1 atom stereocenters. The monoisotopic (exact) mass is 384 g/mol. The van der Waals surface area contributed by atoms with Gasteiger partial charge >= 0.3 is 0 Å². The first-order valence-electron chi connectivity index (χ1n) is 7.61. The molecule has 26 heavy (non-hydrogen) atoms. The third kappa shape index (κ3) is 4.84. The number of amides is 1. The first-order chi connectivity index (χ1) is 12.2. The SMILES string of the molecule is COCC(C)NS(=O)(=O)c1ccc(NC(=O)c2cccc(F)c2F)cc1. The number of rotatable bonds is 7. The standard InChI is InChI=1S/C17H18F2N2O4S/c1-11(10-25-2)21-26(23,24)13-8-6-12(7-9-13)20-17(22)14-4-3-5-15(18)16(14)19/h3-9,11,21H,10H2,1-2H3,(H,20,22). The molecule has 0 fully saturated rings. The Labute approximate surface area is 150 Å². The quantitative estimate of drug-likeness (QED) is 0.768. The molecule has 2 N–H and O–H groups in total. The maximum absolute atomic E-state index is 13.6. The van der Waals surface area contributed by atoms with E-state index in [-0.39, 0.29) is 17.2 Å². The van der Waals surface area contributed by atoms with Gasteiger partial charge in [-0.1, -0.05) is 6.07 Å². The summed E-state index contributed by atoms with van der Waals surface area (Å²) in [6.07, 6.45) is 0. The second kappa shape index (κ2) is 8.35. The molecule has 0 saturated heterocycles. The van der Waals surface area contributed by atoms with Gasteiger partial charge in [-0.05, 0) is 43.3 Å². The van der Waals surface area contributed by atoms with Gasteiger partial charge in [-0.15, -0.1) is 0 Å². The molecule has 0 aliphatic heterocycles. The molecule has 0 heterocycles. The maximum atomic E-state index is 13.6. The topological polar surface area (TPSA) is 84.5 Å². The number of carbonyl (C=O) groups is 1. The fraction of sp³-hybridized carbons (Fsp3) is 0.235. The Morgan fingerprint density at radius 1 is 1.15 bits per heavy atom. The highest BCUT2D eigenvalue weighted by atomic mass is 32.2. The molecule has 2 aromatic carbocycles. The van der Waals surface area contributed by atoms with E-state index in [0.717, 1.165) is 12.1 Å². The second-order valence-electron chi connectivity index (χ2n) is 5.56. The van der Waals surface area contributed by atoms with E-state index < -0.39 is 39.2 Å². The summed E-state index contributed by atoms with van der Waals surface area (Å²) in [5.41, 5.74) is -0.209. The van der Waals surface area contributed by atoms with Crippen molar-refractivity contribution < 1.29 is 26.7 Å². The Bertz CT molecular complexity index is 886. The third-order valence-corrected chi connectivity index (χ3v) is 5.00. The van der Waals surface area contributed by atoms with Crippen molar-refractivity contribution in [3.63, 3.8) is 0 Å². The lowest BCUT2D eigenvalue weighted by atomic mass is 10.2. The van der Waals surface area contributed by atoms with Gasteiger partial charge in [0.1, 0.15) is 0 Å². The molecule has 140 valence electrons. The zero-order valence-electron chi connectivity index (χ0n) is 14.1. The lowest BCUT2D eigenvalue weighted by molar-refractivity contribution is 0.102. The zero-order valence-corrected chi connectivity index (χ0v) is 14.9. The van der Waals surface area contributed by atoms with Gasteiger partial charge in [-0.2, -0.15) is 0 Å². The van der Waals surface area contributed by atoms with Crippen LogP contribution in [0.4, 0.5) is 14.5 Å². The Kier molecular flexibility index (Phi) is 6.41. The molecule has 0 saturated carbocycles. The van der Waals surface area contributed by atoms with Crippen molar-refractivity contribution in [2.45, 2.75) is 17.9 Å². The zero-order chi connectivity index (χ0) is 19.3. The van der Waals surface area contributed by atoms with Crippen LogP contribution in [0.2, 0.25) is 0 Å². The summed E-state index contributed by atoms with van der Waals surface area (Å²) >= 11 is 0. The number of hydrogen-bond acceptors (Lipinski definition) is 4. The first kappa shape index (κ1) is 20.0. The highest BCUT2D eigenvalue weighted by Gasteiger charge is 2.18. The van der Waals surface area contributed by atoms with Crippen molar-refractivity contribution in [3.05, 3.63) is 59.7 Å². The summed E-state index contributed by atoms with van der Waals surface area (Å²) in [5, 5.41) is 2.39. The van der Waals surface area contributed by atoms with Gasteiger partial charge in [0.2, 0.25) is 10.0 Å². The van der Waals surface area contributed by atoms with E-state index in [9.17, 15) is 22.0 Å². The van der Waals surface area contributed by atoms with Crippen molar-refractivity contribution in [1.82, 2.24) is 4.72 Å². The van der Waals surface area contributed by atoms with E-state index in [1.165, 1.54) is 37.4 Å². The van der Waals surface area contributed by atoms with Gasteiger partial charge in [0, 0.05) is 18.8 Å². The molecule has 2 aromatic rings. The molecule has 1 amide bonds. The number of carbonyl (C=O) groups excluding carboxylic acids is 1. The largest absolute Gasteiger partial charge is 0.383 e. The minimum atomic E-state index is -3.74. The molecule has 0 aliphatic rings. The molecule has 9 heteroatoms. The molecule has 0 aromatic heterocycles. The van der Waals surface area contributed by atoms with E-state index in [2.05, 4.69) is 10.0 Å². The van der Waals surface area contributed by atoms with Crippen molar-refractivity contribution in [3.8, 4) is 0 Å². The minimum Gasteiger partial charge on any atom is -0.383 e. The van der Waals surface area contributed by atoms with Crippen LogP contribution in [0.1, 0.15) is 17.3 Å². The van der Waals surface area contributed by atoms with Crippen LogP contribution in [0.3, 0.4) is 0 Å². The number of benzene rings is 2. The van der Waals surface area contributed by atoms with Gasteiger partial charge < -0.3 is 10.1 Å². The van der Waals surface area contributed by atoms with Crippen molar-refractivity contribution in [1.29, 1.82) is 0 Å².